The fraction of sp³-hybridized carbons (Fsp3) is 0.923. The van der Waals surface area contributed by atoms with Crippen molar-refractivity contribution in [3.05, 3.63) is 0 Å². The highest BCUT2D eigenvalue weighted by Crippen LogP contribution is 2.24. The van der Waals surface area contributed by atoms with Crippen molar-refractivity contribution in [2.24, 2.45) is 22.7 Å². The molecule has 1 N–H and O–H groups in total. The summed E-state index contributed by atoms with van der Waals surface area (Å²) in [7, 11) is 0. The maximum Gasteiger partial charge on any atom is 0.171 e. The van der Waals surface area contributed by atoms with E-state index < -0.39 is 0 Å². The molecule has 0 saturated carbocycles. The van der Waals surface area contributed by atoms with Gasteiger partial charge in [-0.15, -0.1) is 0 Å². The SMILES string of the molecule is CCC(C)CC1=NC[C@H](CCCCN2C[C@@H](CC(C)C)N(CCCCC(C)C)C2=S)N1. The maximum atomic E-state index is 5.94. The molecule has 0 spiro atoms. The van der Waals surface area contributed by atoms with Crippen LogP contribution >= 0.6 is 12.2 Å². The summed E-state index contributed by atoms with van der Waals surface area (Å²) in [4.78, 5) is 9.79. The van der Waals surface area contributed by atoms with Crippen molar-refractivity contribution in [2.75, 3.05) is 26.2 Å². The zero-order chi connectivity index (χ0) is 22.8. The Morgan fingerprint density at radius 1 is 1.03 bits per heavy atom. The fourth-order valence-electron chi connectivity index (χ4n) is 4.82. The van der Waals surface area contributed by atoms with Gasteiger partial charge in [0.1, 0.15) is 0 Å². The summed E-state index contributed by atoms with van der Waals surface area (Å²) in [6, 6.07) is 1.16. The molecule has 0 bridgehead atoms. The first kappa shape index (κ1) is 26.4. The van der Waals surface area contributed by atoms with Gasteiger partial charge in [-0.3, -0.25) is 4.99 Å². The molecular weight excluding hydrogens is 400 g/mol. The number of nitrogens with one attached hydrogen (secondary N) is 1. The monoisotopic (exact) mass is 450 g/mol. The van der Waals surface area contributed by atoms with Crippen LogP contribution < -0.4 is 5.32 Å². The van der Waals surface area contributed by atoms with E-state index in [0.717, 1.165) is 55.5 Å². The minimum Gasteiger partial charge on any atom is -0.369 e. The van der Waals surface area contributed by atoms with Crippen LogP contribution in [0.2, 0.25) is 0 Å². The number of thiocarbonyl (C=S) groups is 1. The summed E-state index contributed by atoms with van der Waals surface area (Å²) in [5.41, 5.74) is 0. The number of hydrogen-bond acceptors (Lipinski definition) is 3. The molecule has 2 heterocycles. The second-order valence-corrected chi connectivity index (χ2v) is 11.3. The Kier molecular flexibility index (Phi) is 11.6. The molecular formula is C26H50N4S. The highest BCUT2D eigenvalue weighted by molar-refractivity contribution is 7.80. The largest absolute Gasteiger partial charge is 0.369 e. The van der Waals surface area contributed by atoms with Gasteiger partial charge in [0.25, 0.3) is 0 Å². The van der Waals surface area contributed by atoms with Gasteiger partial charge in [0, 0.05) is 38.1 Å². The van der Waals surface area contributed by atoms with Crippen molar-refractivity contribution in [3.8, 4) is 0 Å². The van der Waals surface area contributed by atoms with Gasteiger partial charge in [-0.05, 0) is 62.1 Å². The zero-order valence-corrected chi connectivity index (χ0v) is 22.1. The smallest absolute Gasteiger partial charge is 0.171 e. The third-order valence-corrected chi connectivity index (χ3v) is 7.40. The lowest BCUT2D eigenvalue weighted by Crippen LogP contribution is -2.36. The number of unbranched alkanes of at least 4 members (excludes halogenated alkanes) is 2. The molecule has 31 heavy (non-hydrogen) atoms. The first-order valence-electron chi connectivity index (χ1n) is 13.2. The van der Waals surface area contributed by atoms with Gasteiger partial charge in [-0.1, -0.05) is 60.8 Å². The molecule has 0 aromatic rings. The molecule has 1 fully saturated rings. The van der Waals surface area contributed by atoms with Crippen LogP contribution in [0.1, 0.15) is 99.3 Å². The minimum atomic E-state index is 0.552. The summed E-state index contributed by atoms with van der Waals surface area (Å²) in [6.45, 7) is 18.3. The van der Waals surface area contributed by atoms with Gasteiger partial charge < -0.3 is 15.1 Å². The molecule has 2 rings (SSSR count). The van der Waals surface area contributed by atoms with Gasteiger partial charge >= 0.3 is 0 Å². The molecule has 5 heteroatoms. The van der Waals surface area contributed by atoms with Gasteiger partial charge in [0.05, 0.1) is 12.4 Å². The van der Waals surface area contributed by atoms with Crippen LogP contribution in [-0.2, 0) is 0 Å². The predicted octanol–water partition coefficient (Wildman–Crippen LogP) is 6.11. The molecule has 0 aromatic heterocycles. The van der Waals surface area contributed by atoms with E-state index >= 15 is 0 Å². The van der Waals surface area contributed by atoms with Gasteiger partial charge in [-0.2, -0.15) is 0 Å². The third kappa shape index (κ3) is 9.27. The predicted molar refractivity (Wildman–Crippen MR) is 140 cm³/mol. The van der Waals surface area contributed by atoms with Crippen molar-refractivity contribution in [1.29, 1.82) is 0 Å². The summed E-state index contributed by atoms with van der Waals surface area (Å²) in [5, 5.41) is 4.79. The van der Waals surface area contributed by atoms with E-state index in [-0.39, 0.29) is 0 Å². The number of nitrogens with zero attached hydrogens (tertiary/aromatic N) is 3. The van der Waals surface area contributed by atoms with E-state index in [2.05, 4.69) is 56.7 Å². The van der Waals surface area contributed by atoms with Crippen LogP contribution in [0.5, 0.6) is 0 Å². The van der Waals surface area contributed by atoms with Crippen LogP contribution in [0.25, 0.3) is 0 Å². The number of aliphatic imine (C=N–C) groups is 1. The summed E-state index contributed by atoms with van der Waals surface area (Å²) < 4.78 is 0. The quantitative estimate of drug-likeness (QED) is 0.241. The molecule has 0 amide bonds. The number of amidine groups is 1. The lowest BCUT2D eigenvalue weighted by atomic mass is 10.0. The van der Waals surface area contributed by atoms with Crippen LogP contribution in [0.4, 0.5) is 0 Å². The van der Waals surface area contributed by atoms with Gasteiger partial charge in [-0.25, -0.2) is 0 Å². The Hall–Kier alpha value is -0.840. The van der Waals surface area contributed by atoms with E-state index in [1.807, 2.05) is 0 Å². The summed E-state index contributed by atoms with van der Waals surface area (Å²) in [6.07, 6.45) is 11.2. The second-order valence-electron chi connectivity index (χ2n) is 10.9. The van der Waals surface area contributed by atoms with Gasteiger partial charge in [0.2, 0.25) is 0 Å². The van der Waals surface area contributed by atoms with Crippen molar-refractivity contribution in [3.63, 3.8) is 0 Å². The standard InChI is InChI=1S/C26H50N4S/c1-7-22(6)17-25-27-18-23(28-25)13-9-10-14-29-19-24(16-21(4)5)30(26(29)31)15-11-8-12-20(2)3/h20-24H,7-19H2,1-6H3,(H,27,28)/t22?,23-,24+/m0/s1. The van der Waals surface area contributed by atoms with Crippen molar-refractivity contribution in [1.82, 2.24) is 15.1 Å². The Morgan fingerprint density at radius 2 is 1.77 bits per heavy atom. The molecule has 3 atom stereocenters. The summed E-state index contributed by atoms with van der Waals surface area (Å²) >= 11 is 5.94. The molecule has 2 aliphatic rings. The number of hydrogen-bond donors (Lipinski definition) is 1. The van der Waals surface area contributed by atoms with E-state index in [1.165, 1.54) is 57.2 Å². The minimum absolute atomic E-state index is 0.552. The lowest BCUT2D eigenvalue weighted by Gasteiger charge is -2.26. The van der Waals surface area contributed by atoms with Crippen molar-refractivity contribution < 1.29 is 0 Å². The molecule has 0 aromatic carbocycles. The Bertz CT molecular complexity index is 560. The Balaban J connectivity index is 1.70. The molecule has 4 nitrogen and oxygen atoms in total. The lowest BCUT2D eigenvalue weighted by molar-refractivity contribution is 0.290. The topological polar surface area (TPSA) is 30.9 Å². The molecule has 2 aliphatic heterocycles. The average Bonchev–Trinajstić information content (AvgIpc) is 3.26. The maximum absolute atomic E-state index is 5.94. The first-order valence-corrected chi connectivity index (χ1v) is 13.6. The van der Waals surface area contributed by atoms with Crippen LogP contribution in [0.15, 0.2) is 4.99 Å². The molecule has 0 radical (unpaired) electrons. The highest BCUT2D eigenvalue weighted by Gasteiger charge is 2.33. The zero-order valence-electron chi connectivity index (χ0n) is 21.3. The van der Waals surface area contributed by atoms with Crippen molar-refractivity contribution in [2.45, 2.75) is 111 Å². The molecule has 1 saturated heterocycles. The Labute approximate surface area is 198 Å². The summed E-state index contributed by atoms with van der Waals surface area (Å²) in [5.74, 6) is 3.50. The van der Waals surface area contributed by atoms with E-state index in [9.17, 15) is 0 Å². The molecule has 0 aliphatic carbocycles. The second kappa shape index (κ2) is 13.6. The first-order chi connectivity index (χ1) is 14.8. The van der Waals surface area contributed by atoms with Crippen LogP contribution in [-0.4, -0.2) is 59.0 Å². The fourth-order valence-corrected chi connectivity index (χ4v) is 5.22. The van der Waals surface area contributed by atoms with E-state index in [0.29, 0.717) is 12.1 Å². The van der Waals surface area contributed by atoms with E-state index in [1.54, 1.807) is 0 Å². The molecule has 1 unspecified atom stereocenters. The van der Waals surface area contributed by atoms with Gasteiger partial charge in [0.15, 0.2) is 5.11 Å². The highest BCUT2D eigenvalue weighted by atomic mass is 32.1. The third-order valence-electron chi connectivity index (χ3n) is 6.90. The van der Waals surface area contributed by atoms with E-state index in [4.69, 9.17) is 17.2 Å². The normalized spacial score (nSPS) is 22.6. The van der Waals surface area contributed by atoms with Crippen molar-refractivity contribution >= 4 is 23.2 Å². The number of rotatable bonds is 15. The van der Waals surface area contributed by atoms with Crippen LogP contribution in [0.3, 0.4) is 0 Å². The average molecular weight is 451 g/mol. The van der Waals surface area contributed by atoms with Crippen LogP contribution in [0, 0.1) is 17.8 Å². The Morgan fingerprint density at radius 3 is 2.45 bits per heavy atom. The molecule has 180 valence electrons.